The number of aromatic nitrogens is 3. The van der Waals surface area contributed by atoms with Gasteiger partial charge in [0.1, 0.15) is 6.10 Å². The van der Waals surface area contributed by atoms with Gasteiger partial charge in [-0.05, 0) is 27.5 Å². The zero-order chi connectivity index (χ0) is 9.26. The Morgan fingerprint density at radius 3 is 2.92 bits per heavy atom. The number of aliphatic hydroxyl groups excluding tert-OH is 1. The minimum Gasteiger partial charge on any atom is -0.383 e. The minimum absolute atomic E-state index is 0.652. The highest BCUT2D eigenvalue weighted by Crippen LogP contribution is 2.30. The summed E-state index contributed by atoms with van der Waals surface area (Å²) in [6.45, 7) is 0. The molecule has 0 aliphatic carbocycles. The van der Waals surface area contributed by atoms with Crippen LogP contribution in [0.2, 0.25) is 0 Å². The highest BCUT2D eigenvalue weighted by Gasteiger charge is 2.16. The van der Waals surface area contributed by atoms with Crippen molar-refractivity contribution in [2.24, 2.45) is 0 Å². The van der Waals surface area contributed by atoms with Crippen LogP contribution < -0.4 is 0 Å². The number of rotatable bonds is 2. The fourth-order valence-corrected chi connectivity index (χ4v) is 2.30. The maximum atomic E-state index is 9.83. The van der Waals surface area contributed by atoms with E-state index in [1.54, 1.807) is 18.6 Å². The average Bonchev–Trinajstić information content (AvgIpc) is 2.72. The third-order valence-corrected chi connectivity index (χ3v) is 3.38. The van der Waals surface area contributed by atoms with Gasteiger partial charge in [0.2, 0.25) is 0 Å². The lowest BCUT2D eigenvalue weighted by atomic mass is 10.2. The van der Waals surface area contributed by atoms with Gasteiger partial charge in [-0.1, -0.05) is 0 Å². The molecule has 13 heavy (non-hydrogen) atoms. The van der Waals surface area contributed by atoms with E-state index in [1.807, 2.05) is 0 Å². The van der Waals surface area contributed by atoms with Gasteiger partial charge in [-0.2, -0.15) is 9.47 Å². The molecule has 2 aromatic rings. The van der Waals surface area contributed by atoms with E-state index in [9.17, 15) is 5.11 Å². The zero-order valence-electron chi connectivity index (χ0n) is 6.44. The normalized spacial score (nSPS) is 13.1. The van der Waals surface area contributed by atoms with Gasteiger partial charge in [-0.3, -0.25) is 5.10 Å². The number of nitrogens with one attached hydrogen (secondary N) is 1. The van der Waals surface area contributed by atoms with E-state index in [2.05, 4.69) is 30.5 Å². The molecule has 0 radical (unpaired) electrons. The number of H-pyrrole nitrogens is 1. The second-order valence-corrected chi connectivity index (χ2v) is 4.16. The van der Waals surface area contributed by atoms with Crippen molar-refractivity contribution in [2.75, 3.05) is 0 Å². The quantitative estimate of drug-likeness (QED) is 0.864. The molecular formula is C7H6BrN3OS. The fraction of sp³-hybridized carbons (Fsp3) is 0.143. The maximum absolute atomic E-state index is 9.83. The first kappa shape index (κ1) is 8.86. The Bertz CT molecular complexity index is 386. The molecule has 6 heteroatoms. The zero-order valence-corrected chi connectivity index (χ0v) is 8.84. The van der Waals surface area contributed by atoms with Crippen molar-refractivity contribution >= 4 is 27.5 Å². The molecule has 0 fully saturated rings. The van der Waals surface area contributed by atoms with Crippen molar-refractivity contribution in [3.8, 4) is 0 Å². The van der Waals surface area contributed by atoms with E-state index in [4.69, 9.17) is 0 Å². The van der Waals surface area contributed by atoms with Crippen molar-refractivity contribution in [3.05, 3.63) is 33.5 Å². The highest BCUT2D eigenvalue weighted by molar-refractivity contribution is 9.10. The van der Waals surface area contributed by atoms with E-state index in [-0.39, 0.29) is 0 Å². The monoisotopic (exact) mass is 259 g/mol. The molecule has 0 amide bonds. The molecule has 2 heterocycles. The molecule has 0 aliphatic heterocycles. The Hall–Kier alpha value is -0.720. The van der Waals surface area contributed by atoms with Crippen LogP contribution in [0.3, 0.4) is 0 Å². The topological polar surface area (TPSA) is 61.8 Å². The van der Waals surface area contributed by atoms with Crippen molar-refractivity contribution in [3.63, 3.8) is 0 Å². The second kappa shape index (κ2) is 3.57. The summed E-state index contributed by atoms with van der Waals surface area (Å²) in [4.78, 5) is 0.793. The van der Waals surface area contributed by atoms with Crippen LogP contribution in [0.1, 0.15) is 16.5 Å². The number of hydrogen-bond donors (Lipinski definition) is 2. The molecular weight excluding hydrogens is 254 g/mol. The summed E-state index contributed by atoms with van der Waals surface area (Å²) in [5, 5.41) is 16.2. The SMILES string of the molecule is OC(c1cn[nH]c1)c1sncc1Br. The lowest BCUT2D eigenvalue weighted by Crippen LogP contribution is -1.95. The number of aromatic amines is 1. The number of aliphatic hydroxyl groups is 1. The van der Waals surface area contributed by atoms with Gasteiger partial charge in [0.25, 0.3) is 0 Å². The largest absolute Gasteiger partial charge is 0.383 e. The first-order valence-electron chi connectivity index (χ1n) is 3.56. The summed E-state index contributed by atoms with van der Waals surface area (Å²) in [6.07, 6.45) is 4.28. The Labute approximate surface area is 86.9 Å². The molecule has 0 saturated carbocycles. The van der Waals surface area contributed by atoms with Crippen molar-refractivity contribution in [1.29, 1.82) is 0 Å². The van der Waals surface area contributed by atoms with E-state index < -0.39 is 6.10 Å². The molecule has 68 valence electrons. The number of halogens is 1. The van der Waals surface area contributed by atoms with Crippen LogP contribution in [-0.2, 0) is 0 Å². The fourth-order valence-electron chi connectivity index (χ4n) is 0.979. The molecule has 0 aliphatic rings. The van der Waals surface area contributed by atoms with Crippen LogP contribution in [0.5, 0.6) is 0 Å². The van der Waals surface area contributed by atoms with Crippen LogP contribution >= 0.6 is 27.5 Å². The first-order chi connectivity index (χ1) is 6.29. The number of hydrogen-bond acceptors (Lipinski definition) is 4. The standard InChI is InChI=1S/C7H6BrN3OS/c8-5-3-11-13-7(5)6(12)4-1-9-10-2-4/h1-3,6,12H,(H,9,10). The van der Waals surface area contributed by atoms with Crippen molar-refractivity contribution in [2.45, 2.75) is 6.10 Å². The summed E-state index contributed by atoms with van der Waals surface area (Å²) in [6, 6.07) is 0. The molecule has 1 unspecified atom stereocenters. The van der Waals surface area contributed by atoms with Gasteiger partial charge in [-0.25, -0.2) is 0 Å². The van der Waals surface area contributed by atoms with Gasteiger partial charge in [0.05, 0.1) is 21.7 Å². The van der Waals surface area contributed by atoms with Crippen LogP contribution in [-0.4, -0.2) is 19.7 Å². The summed E-state index contributed by atoms with van der Waals surface area (Å²) in [7, 11) is 0. The lowest BCUT2D eigenvalue weighted by Gasteiger charge is -2.04. The molecule has 4 nitrogen and oxygen atoms in total. The second-order valence-electron chi connectivity index (χ2n) is 2.47. The van der Waals surface area contributed by atoms with Gasteiger partial charge in [0, 0.05) is 11.8 Å². The van der Waals surface area contributed by atoms with Crippen LogP contribution in [0.25, 0.3) is 0 Å². The van der Waals surface area contributed by atoms with Gasteiger partial charge >= 0.3 is 0 Å². The highest BCUT2D eigenvalue weighted by atomic mass is 79.9. The molecule has 0 bridgehead atoms. The van der Waals surface area contributed by atoms with Crippen LogP contribution in [0, 0.1) is 0 Å². The predicted molar refractivity (Wildman–Crippen MR) is 52.5 cm³/mol. The Morgan fingerprint density at radius 2 is 2.38 bits per heavy atom. The lowest BCUT2D eigenvalue weighted by molar-refractivity contribution is 0.223. The molecule has 0 spiro atoms. The minimum atomic E-state index is -0.652. The number of nitrogens with zero attached hydrogens (tertiary/aromatic N) is 2. The first-order valence-corrected chi connectivity index (χ1v) is 5.12. The molecule has 1 atom stereocenters. The summed E-state index contributed by atoms with van der Waals surface area (Å²) < 4.78 is 4.78. The van der Waals surface area contributed by atoms with Crippen LogP contribution in [0.4, 0.5) is 0 Å². The molecule has 2 aromatic heterocycles. The van der Waals surface area contributed by atoms with E-state index in [0.717, 1.165) is 14.9 Å². The maximum Gasteiger partial charge on any atom is 0.119 e. The van der Waals surface area contributed by atoms with Gasteiger partial charge in [-0.15, -0.1) is 0 Å². The van der Waals surface area contributed by atoms with Crippen molar-refractivity contribution in [1.82, 2.24) is 14.6 Å². The molecule has 0 aromatic carbocycles. The summed E-state index contributed by atoms with van der Waals surface area (Å²) in [5.41, 5.74) is 0.741. The summed E-state index contributed by atoms with van der Waals surface area (Å²) in [5.74, 6) is 0. The van der Waals surface area contributed by atoms with E-state index >= 15 is 0 Å². The molecule has 2 N–H and O–H groups in total. The van der Waals surface area contributed by atoms with Gasteiger partial charge < -0.3 is 5.11 Å². The Balaban J connectivity index is 2.33. The van der Waals surface area contributed by atoms with Crippen molar-refractivity contribution < 1.29 is 5.11 Å². The Morgan fingerprint density at radius 1 is 1.54 bits per heavy atom. The van der Waals surface area contributed by atoms with E-state index in [1.165, 1.54) is 11.5 Å². The smallest absolute Gasteiger partial charge is 0.119 e. The van der Waals surface area contributed by atoms with Crippen LogP contribution in [0.15, 0.2) is 23.1 Å². The Kier molecular flexibility index (Phi) is 2.43. The molecule has 2 rings (SSSR count). The third-order valence-electron chi connectivity index (χ3n) is 1.64. The third kappa shape index (κ3) is 1.65. The van der Waals surface area contributed by atoms with E-state index in [0.29, 0.717) is 0 Å². The average molecular weight is 260 g/mol. The summed E-state index contributed by atoms with van der Waals surface area (Å²) >= 11 is 4.58. The predicted octanol–water partition coefficient (Wildman–Crippen LogP) is 1.71. The molecule has 0 saturated heterocycles. The van der Waals surface area contributed by atoms with Gasteiger partial charge in [0.15, 0.2) is 0 Å².